The van der Waals surface area contributed by atoms with Crippen molar-refractivity contribution in [3.63, 3.8) is 0 Å². The van der Waals surface area contributed by atoms with Crippen LogP contribution in [-0.2, 0) is 10.1 Å². The molecule has 0 aromatic heterocycles. The van der Waals surface area contributed by atoms with Crippen molar-refractivity contribution in [1.82, 2.24) is 0 Å². The van der Waals surface area contributed by atoms with Crippen LogP contribution in [0.1, 0.15) is 25.7 Å². The fourth-order valence-electron chi connectivity index (χ4n) is 1.85. The fourth-order valence-corrected chi connectivity index (χ4v) is 5.23. The van der Waals surface area contributed by atoms with Gasteiger partial charge < -0.3 is 0 Å². The highest BCUT2D eigenvalue weighted by atomic mass is 32.3. The molecule has 0 aromatic rings. The van der Waals surface area contributed by atoms with Crippen molar-refractivity contribution >= 4 is 38.0 Å². The summed E-state index contributed by atoms with van der Waals surface area (Å²) in [5, 5.41) is 0.265. The van der Waals surface area contributed by atoms with E-state index in [0.29, 0.717) is 11.3 Å². The van der Waals surface area contributed by atoms with Crippen LogP contribution in [0.4, 0.5) is 0 Å². The minimum absolute atomic E-state index is 0.279. The summed E-state index contributed by atoms with van der Waals surface area (Å²) >= 11 is 2.80. The first kappa shape index (κ1) is 11.8. The van der Waals surface area contributed by atoms with Gasteiger partial charge in [-0.2, -0.15) is 8.42 Å². The number of fused-ring (bicyclic) bond motifs is 1. The molecular formula is C8H13NO3S3. The Balaban J connectivity index is 1.90. The van der Waals surface area contributed by atoms with Gasteiger partial charge in [-0.1, -0.05) is 36.4 Å². The average Bonchev–Trinajstić information content (AvgIpc) is 2.56. The molecule has 86 valence electrons. The summed E-state index contributed by atoms with van der Waals surface area (Å²) in [7, 11) is -3.88. The van der Waals surface area contributed by atoms with E-state index in [4.69, 9.17) is 4.55 Å². The lowest BCUT2D eigenvalue weighted by molar-refractivity contribution is 0.462. The first-order chi connectivity index (χ1) is 7.04. The van der Waals surface area contributed by atoms with Crippen molar-refractivity contribution < 1.29 is 13.0 Å². The van der Waals surface area contributed by atoms with Crippen LogP contribution in [0.2, 0.25) is 0 Å². The number of hydrogen-bond acceptors (Lipinski definition) is 5. The smallest absolute Gasteiger partial charge is 0.274 e. The highest BCUT2D eigenvalue weighted by Crippen LogP contribution is 2.40. The van der Waals surface area contributed by atoms with Gasteiger partial charge in [-0.25, -0.2) is 0 Å². The Morgan fingerprint density at radius 1 is 1.47 bits per heavy atom. The van der Waals surface area contributed by atoms with Crippen LogP contribution in [0.15, 0.2) is 4.99 Å². The third kappa shape index (κ3) is 3.37. The molecule has 2 rings (SSSR count). The van der Waals surface area contributed by atoms with Crippen LogP contribution in [0.25, 0.3) is 0 Å². The maximum absolute atomic E-state index is 10.6. The lowest BCUT2D eigenvalue weighted by atomic mass is 9.96. The maximum atomic E-state index is 10.6. The molecule has 0 amide bonds. The molecule has 2 aliphatic rings. The van der Waals surface area contributed by atoms with Crippen LogP contribution in [0.3, 0.4) is 0 Å². The molecule has 1 N–H and O–H groups in total. The van der Waals surface area contributed by atoms with Gasteiger partial charge in [0.15, 0.2) is 0 Å². The Morgan fingerprint density at radius 2 is 2.20 bits per heavy atom. The van der Waals surface area contributed by atoms with Crippen molar-refractivity contribution in [2.75, 3.05) is 5.08 Å². The van der Waals surface area contributed by atoms with Crippen molar-refractivity contribution in [3.05, 3.63) is 0 Å². The van der Waals surface area contributed by atoms with E-state index < -0.39 is 10.1 Å². The molecule has 1 saturated carbocycles. The Hall–Kier alpha value is 0.280. The summed E-state index contributed by atoms with van der Waals surface area (Å²) in [5.74, 6) is 0. The molecular weight excluding hydrogens is 254 g/mol. The van der Waals surface area contributed by atoms with E-state index in [2.05, 4.69) is 4.99 Å². The normalized spacial score (nSPS) is 31.1. The van der Waals surface area contributed by atoms with E-state index in [1.165, 1.54) is 19.3 Å². The van der Waals surface area contributed by atoms with E-state index in [1.807, 2.05) is 0 Å². The Labute approximate surface area is 98.1 Å². The predicted molar refractivity (Wildman–Crippen MR) is 65.1 cm³/mol. The summed E-state index contributed by atoms with van der Waals surface area (Å²) in [6, 6.07) is 0.382. The third-order valence-electron chi connectivity index (χ3n) is 2.52. The summed E-state index contributed by atoms with van der Waals surface area (Å²) in [4.78, 5) is 4.48. The zero-order chi connectivity index (χ0) is 10.9. The second-order valence-corrected chi connectivity index (χ2v) is 8.02. The average molecular weight is 267 g/mol. The van der Waals surface area contributed by atoms with Gasteiger partial charge in [0.25, 0.3) is 10.1 Å². The fraction of sp³-hybridized carbons (Fsp3) is 0.875. The quantitative estimate of drug-likeness (QED) is 0.775. The molecule has 1 heterocycles. The highest BCUT2D eigenvalue weighted by molar-refractivity contribution is 8.41. The zero-order valence-corrected chi connectivity index (χ0v) is 10.6. The second kappa shape index (κ2) is 4.65. The largest absolute Gasteiger partial charge is 0.285 e. The molecule has 0 aromatic carbocycles. The summed E-state index contributed by atoms with van der Waals surface area (Å²) < 4.78 is 30.6. The number of rotatable bonds is 2. The Kier molecular flexibility index (Phi) is 3.64. The molecule has 7 heteroatoms. The van der Waals surface area contributed by atoms with E-state index in [9.17, 15) is 8.42 Å². The lowest BCUT2D eigenvalue weighted by Crippen LogP contribution is -2.21. The van der Waals surface area contributed by atoms with Gasteiger partial charge in [-0.05, 0) is 12.8 Å². The van der Waals surface area contributed by atoms with Crippen LogP contribution in [0.5, 0.6) is 0 Å². The summed E-state index contributed by atoms with van der Waals surface area (Å²) in [6.45, 7) is 0. The molecule has 0 bridgehead atoms. The van der Waals surface area contributed by atoms with Crippen molar-refractivity contribution in [2.45, 2.75) is 37.0 Å². The first-order valence-electron chi connectivity index (χ1n) is 4.87. The van der Waals surface area contributed by atoms with E-state index in [1.54, 1.807) is 11.8 Å². The topological polar surface area (TPSA) is 66.7 Å². The zero-order valence-electron chi connectivity index (χ0n) is 8.13. The monoisotopic (exact) mass is 267 g/mol. The summed E-state index contributed by atoms with van der Waals surface area (Å²) in [6.07, 6.45) is 4.77. The van der Waals surface area contributed by atoms with Gasteiger partial charge in [0, 0.05) is 5.25 Å². The minimum atomic E-state index is -3.88. The van der Waals surface area contributed by atoms with Crippen molar-refractivity contribution in [1.29, 1.82) is 0 Å². The summed E-state index contributed by atoms with van der Waals surface area (Å²) in [5.41, 5.74) is 0. The molecule has 1 aliphatic heterocycles. The SMILES string of the molecule is O=S(=O)(O)CSC1=NC2CCCCC2S1. The predicted octanol–water partition coefficient (Wildman–Crippen LogP) is 1.98. The van der Waals surface area contributed by atoms with Gasteiger partial charge >= 0.3 is 0 Å². The Morgan fingerprint density at radius 3 is 2.87 bits per heavy atom. The molecule has 1 fully saturated rings. The van der Waals surface area contributed by atoms with Gasteiger partial charge in [0.1, 0.15) is 9.46 Å². The van der Waals surface area contributed by atoms with E-state index in [0.717, 1.165) is 22.6 Å². The van der Waals surface area contributed by atoms with E-state index >= 15 is 0 Å². The molecule has 15 heavy (non-hydrogen) atoms. The van der Waals surface area contributed by atoms with Gasteiger partial charge in [0.2, 0.25) is 0 Å². The molecule has 0 saturated heterocycles. The van der Waals surface area contributed by atoms with Crippen LogP contribution in [0, 0.1) is 0 Å². The standard InChI is InChI=1S/C8H13NO3S3/c10-15(11,12)5-13-8-9-6-3-1-2-4-7(6)14-8/h6-7H,1-5H2,(H,10,11,12). The van der Waals surface area contributed by atoms with Crippen LogP contribution < -0.4 is 0 Å². The Bertz CT molecular complexity index is 365. The molecule has 0 spiro atoms. The van der Waals surface area contributed by atoms with Crippen molar-refractivity contribution in [3.8, 4) is 0 Å². The number of nitrogens with zero attached hydrogens (tertiary/aromatic N) is 1. The highest BCUT2D eigenvalue weighted by Gasteiger charge is 2.32. The number of aliphatic imine (C=N–C) groups is 1. The molecule has 0 radical (unpaired) electrons. The third-order valence-corrected chi connectivity index (χ3v) is 6.34. The lowest BCUT2D eigenvalue weighted by Gasteiger charge is -2.21. The van der Waals surface area contributed by atoms with Gasteiger partial charge in [-0.15, -0.1) is 0 Å². The van der Waals surface area contributed by atoms with Crippen molar-refractivity contribution in [2.24, 2.45) is 4.99 Å². The number of thioether (sulfide) groups is 2. The second-order valence-electron chi connectivity index (χ2n) is 3.75. The minimum Gasteiger partial charge on any atom is -0.285 e. The first-order valence-corrected chi connectivity index (χ1v) is 8.34. The maximum Gasteiger partial charge on any atom is 0.274 e. The molecule has 4 nitrogen and oxygen atoms in total. The molecule has 1 aliphatic carbocycles. The van der Waals surface area contributed by atoms with E-state index in [-0.39, 0.29) is 5.08 Å². The van der Waals surface area contributed by atoms with Gasteiger partial charge in [-0.3, -0.25) is 9.55 Å². The number of hydrogen-bond donors (Lipinski definition) is 1. The van der Waals surface area contributed by atoms with Crippen LogP contribution in [-0.4, -0.2) is 33.7 Å². The van der Waals surface area contributed by atoms with Gasteiger partial charge in [0.05, 0.1) is 6.04 Å². The molecule has 2 atom stereocenters. The van der Waals surface area contributed by atoms with Crippen LogP contribution >= 0.6 is 23.5 Å². The molecule has 2 unspecified atom stereocenters.